The number of hydrogen-bond acceptors (Lipinski definition) is 2. The van der Waals surface area contributed by atoms with Gasteiger partial charge >= 0.3 is 0 Å². The Morgan fingerprint density at radius 3 is 2.22 bits per heavy atom. The molecule has 2 heteroatoms. The Morgan fingerprint density at radius 1 is 1.22 bits per heavy atom. The van der Waals surface area contributed by atoms with Crippen molar-refractivity contribution in [3.05, 3.63) is 36.8 Å². The zero-order valence-corrected chi connectivity index (χ0v) is 4.83. The maximum atomic E-state index is 8.34. The largest absolute Gasteiger partial charge is 0.291 e. The van der Waals surface area contributed by atoms with Gasteiger partial charge in [0.1, 0.15) is 0 Å². The molecule has 1 aromatic rings. The zero-order chi connectivity index (χ0) is 6.69. The summed E-state index contributed by atoms with van der Waals surface area (Å²) >= 11 is 0. The molecule has 0 saturated heterocycles. The molecule has 0 aliphatic heterocycles. The SMILES string of the molecule is [CH]c1ccc(NO)cc1. The third-order valence-corrected chi connectivity index (χ3v) is 1.04. The van der Waals surface area contributed by atoms with E-state index in [0.717, 1.165) is 0 Å². The van der Waals surface area contributed by atoms with Gasteiger partial charge < -0.3 is 0 Å². The minimum Gasteiger partial charge on any atom is -0.291 e. The van der Waals surface area contributed by atoms with Crippen molar-refractivity contribution in [3.8, 4) is 0 Å². The molecule has 1 rings (SSSR count). The van der Waals surface area contributed by atoms with Gasteiger partial charge in [-0.1, -0.05) is 12.1 Å². The molecule has 9 heavy (non-hydrogen) atoms. The number of rotatable bonds is 1. The molecule has 0 bridgehead atoms. The Morgan fingerprint density at radius 2 is 1.78 bits per heavy atom. The summed E-state index contributed by atoms with van der Waals surface area (Å²) < 4.78 is 0. The summed E-state index contributed by atoms with van der Waals surface area (Å²) in [5.41, 5.74) is 3.33. The number of hydrogen-bond donors (Lipinski definition) is 2. The van der Waals surface area contributed by atoms with Crippen LogP contribution in [-0.4, -0.2) is 5.21 Å². The lowest BCUT2D eigenvalue weighted by atomic mass is 10.2. The zero-order valence-electron chi connectivity index (χ0n) is 4.83. The minimum absolute atomic E-state index is 0.643. The summed E-state index contributed by atoms with van der Waals surface area (Å²) in [6.07, 6.45) is 0. The van der Waals surface area contributed by atoms with E-state index in [1.807, 2.05) is 5.48 Å². The van der Waals surface area contributed by atoms with Gasteiger partial charge in [0.25, 0.3) is 0 Å². The molecule has 0 spiro atoms. The highest BCUT2D eigenvalue weighted by Gasteiger charge is 1.85. The van der Waals surface area contributed by atoms with Gasteiger partial charge in [-0.05, 0) is 24.6 Å². The summed E-state index contributed by atoms with van der Waals surface area (Å²) in [4.78, 5) is 0. The number of nitrogens with one attached hydrogen (secondary N) is 1. The molecule has 0 amide bonds. The summed E-state index contributed by atoms with van der Waals surface area (Å²) in [6, 6.07) is 6.79. The average Bonchev–Trinajstić information content (AvgIpc) is 1.90. The Kier molecular flexibility index (Phi) is 1.70. The molecule has 0 fully saturated rings. The second-order valence-electron chi connectivity index (χ2n) is 1.73. The molecule has 2 N–H and O–H groups in total. The maximum absolute atomic E-state index is 8.34. The van der Waals surface area contributed by atoms with Crippen LogP contribution in [0.15, 0.2) is 24.3 Å². The molecule has 46 valence electrons. The summed E-state index contributed by atoms with van der Waals surface area (Å²) in [5, 5.41) is 8.34. The molecule has 0 aliphatic rings. The molecule has 2 nitrogen and oxygen atoms in total. The Hall–Kier alpha value is -1.02. The van der Waals surface area contributed by atoms with Crippen LogP contribution < -0.4 is 5.48 Å². The van der Waals surface area contributed by atoms with Crippen molar-refractivity contribution in [2.24, 2.45) is 0 Å². The number of benzene rings is 1. The van der Waals surface area contributed by atoms with E-state index in [0.29, 0.717) is 11.3 Å². The Bertz CT molecular complexity index is 181. The van der Waals surface area contributed by atoms with Crippen LogP contribution in [0.5, 0.6) is 0 Å². The minimum atomic E-state index is 0.643. The highest BCUT2D eigenvalue weighted by Crippen LogP contribution is 2.06. The van der Waals surface area contributed by atoms with Crippen LogP contribution in [0.3, 0.4) is 0 Å². The fourth-order valence-corrected chi connectivity index (χ4v) is 0.558. The summed E-state index contributed by atoms with van der Waals surface area (Å²) in [5.74, 6) is 0. The third kappa shape index (κ3) is 1.44. The predicted molar refractivity (Wildman–Crippen MR) is 35.3 cm³/mol. The van der Waals surface area contributed by atoms with Crippen LogP contribution in [0.4, 0.5) is 5.69 Å². The first-order valence-corrected chi connectivity index (χ1v) is 2.58. The lowest BCUT2D eigenvalue weighted by Crippen LogP contribution is -1.87. The van der Waals surface area contributed by atoms with E-state index < -0.39 is 0 Å². The van der Waals surface area contributed by atoms with Gasteiger partial charge in [0, 0.05) is 0 Å². The van der Waals surface area contributed by atoms with Crippen LogP contribution >= 0.6 is 0 Å². The monoisotopic (exact) mass is 121 g/mol. The summed E-state index contributed by atoms with van der Waals surface area (Å²) in [6.45, 7) is 5.37. The van der Waals surface area contributed by atoms with Crippen LogP contribution in [0, 0.1) is 6.92 Å². The molecule has 0 saturated carbocycles. The Balaban J connectivity index is 2.88. The van der Waals surface area contributed by atoms with E-state index in [1.54, 1.807) is 24.3 Å². The number of anilines is 1. The van der Waals surface area contributed by atoms with Crippen LogP contribution in [0.25, 0.3) is 0 Å². The van der Waals surface area contributed by atoms with Gasteiger partial charge in [-0.2, -0.15) is 0 Å². The molecule has 0 heterocycles. The second kappa shape index (κ2) is 2.51. The highest BCUT2D eigenvalue weighted by molar-refractivity contribution is 5.42. The summed E-state index contributed by atoms with van der Waals surface area (Å²) in [7, 11) is 0. The quantitative estimate of drug-likeness (QED) is 0.552. The molecule has 0 aliphatic carbocycles. The van der Waals surface area contributed by atoms with Crippen molar-refractivity contribution in [1.82, 2.24) is 0 Å². The fourth-order valence-electron chi connectivity index (χ4n) is 0.558. The van der Waals surface area contributed by atoms with E-state index in [9.17, 15) is 0 Å². The van der Waals surface area contributed by atoms with E-state index >= 15 is 0 Å². The van der Waals surface area contributed by atoms with Crippen molar-refractivity contribution in [3.63, 3.8) is 0 Å². The molecule has 2 radical (unpaired) electrons. The van der Waals surface area contributed by atoms with Gasteiger partial charge in [-0.3, -0.25) is 10.7 Å². The van der Waals surface area contributed by atoms with Crippen molar-refractivity contribution >= 4 is 5.69 Å². The van der Waals surface area contributed by atoms with E-state index in [-0.39, 0.29) is 0 Å². The predicted octanol–water partition coefficient (Wildman–Crippen LogP) is 1.55. The van der Waals surface area contributed by atoms with Gasteiger partial charge in [0.15, 0.2) is 0 Å². The van der Waals surface area contributed by atoms with Crippen molar-refractivity contribution < 1.29 is 5.21 Å². The molecular formula is C7H7NO. The standard InChI is InChI=1S/C7H7NO/c1-6-2-4-7(8-9)5-3-6/h1-5,8-9H. The fraction of sp³-hybridized carbons (Fsp3) is 0. The smallest absolute Gasteiger partial charge is 0.0602 e. The average molecular weight is 121 g/mol. The van der Waals surface area contributed by atoms with Gasteiger partial charge in [0.05, 0.1) is 5.69 Å². The first kappa shape index (κ1) is 6.11. The molecule has 0 atom stereocenters. The maximum Gasteiger partial charge on any atom is 0.0602 e. The molecule has 1 aromatic carbocycles. The Labute approximate surface area is 54.1 Å². The van der Waals surface area contributed by atoms with Crippen LogP contribution in [0.1, 0.15) is 5.56 Å². The normalized spacial score (nSPS) is 9.11. The molecular weight excluding hydrogens is 114 g/mol. The van der Waals surface area contributed by atoms with Gasteiger partial charge in [-0.25, -0.2) is 0 Å². The first-order chi connectivity index (χ1) is 4.33. The molecule has 0 unspecified atom stereocenters. The second-order valence-corrected chi connectivity index (χ2v) is 1.73. The van der Waals surface area contributed by atoms with Crippen LogP contribution in [0.2, 0.25) is 0 Å². The highest BCUT2D eigenvalue weighted by atomic mass is 16.5. The topological polar surface area (TPSA) is 32.3 Å². The lowest BCUT2D eigenvalue weighted by molar-refractivity contribution is 0.389. The molecule has 0 aromatic heterocycles. The van der Waals surface area contributed by atoms with E-state index in [2.05, 4.69) is 0 Å². The van der Waals surface area contributed by atoms with Crippen molar-refractivity contribution in [2.75, 3.05) is 5.48 Å². The van der Waals surface area contributed by atoms with E-state index in [1.165, 1.54) is 0 Å². The van der Waals surface area contributed by atoms with E-state index in [4.69, 9.17) is 12.1 Å². The van der Waals surface area contributed by atoms with Crippen molar-refractivity contribution in [2.45, 2.75) is 0 Å². The van der Waals surface area contributed by atoms with Gasteiger partial charge in [-0.15, -0.1) is 0 Å². The first-order valence-electron chi connectivity index (χ1n) is 2.58. The lowest BCUT2D eigenvalue weighted by Gasteiger charge is -1.96. The van der Waals surface area contributed by atoms with Gasteiger partial charge in [0.2, 0.25) is 0 Å². The third-order valence-electron chi connectivity index (χ3n) is 1.04. The van der Waals surface area contributed by atoms with Crippen molar-refractivity contribution in [1.29, 1.82) is 0 Å². The van der Waals surface area contributed by atoms with Crippen LogP contribution in [-0.2, 0) is 0 Å².